The Labute approximate surface area is 118 Å². The van der Waals surface area contributed by atoms with Gasteiger partial charge in [0.2, 0.25) is 0 Å². The van der Waals surface area contributed by atoms with Gasteiger partial charge in [0.25, 0.3) is 0 Å². The van der Waals surface area contributed by atoms with Gasteiger partial charge in [-0.15, -0.1) is 10.2 Å². The van der Waals surface area contributed by atoms with E-state index >= 15 is 0 Å². The molecule has 0 bridgehead atoms. The minimum atomic E-state index is -0.201. The Kier molecular flexibility index (Phi) is 4.40. The Morgan fingerprint density at radius 2 is 2.22 bits per heavy atom. The molecule has 1 aromatic carbocycles. The van der Waals surface area contributed by atoms with Crippen molar-refractivity contribution in [1.82, 2.24) is 14.8 Å². The Morgan fingerprint density at radius 3 is 2.89 bits per heavy atom. The van der Waals surface area contributed by atoms with Crippen molar-refractivity contribution in [3.63, 3.8) is 0 Å². The van der Waals surface area contributed by atoms with Gasteiger partial charge in [0.05, 0.1) is 0 Å². The monoisotopic (exact) mass is 329 g/mol. The second-order valence-electron chi connectivity index (χ2n) is 4.14. The highest BCUT2D eigenvalue weighted by Crippen LogP contribution is 2.25. The number of rotatable bonds is 4. The third-order valence-electron chi connectivity index (χ3n) is 2.47. The van der Waals surface area contributed by atoms with Crippen molar-refractivity contribution in [3.8, 4) is 0 Å². The average Bonchev–Trinajstić information content (AvgIpc) is 2.76. The molecule has 2 rings (SSSR count). The summed E-state index contributed by atoms with van der Waals surface area (Å²) in [5.74, 6) is 0.345. The molecular formula is C12H13BrFN3S. The Balaban J connectivity index is 2.09. The van der Waals surface area contributed by atoms with Gasteiger partial charge in [0, 0.05) is 16.3 Å². The van der Waals surface area contributed by atoms with Crippen molar-refractivity contribution >= 4 is 27.7 Å². The molecule has 0 amide bonds. The highest BCUT2D eigenvalue weighted by Gasteiger charge is 2.10. The number of benzene rings is 1. The van der Waals surface area contributed by atoms with E-state index in [1.807, 2.05) is 10.6 Å². The quantitative estimate of drug-likeness (QED) is 0.793. The highest BCUT2D eigenvalue weighted by atomic mass is 79.9. The molecule has 6 heteroatoms. The summed E-state index contributed by atoms with van der Waals surface area (Å²) < 4.78 is 16.4. The van der Waals surface area contributed by atoms with E-state index in [4.69, 9.17) is 0 Å². The first-order valence-corrected chi connectivity index (χ1v) is 7.32. The van der Waals surface area contributed by atoms with Gasteiger partial charge in [-0.1, -0.05) is 33.8 Å². The van der Waals surface area contributed by atoms with Crippen LogP contribution < -0.4 is 0 Å². The summed E-state index contributed by atoms with van der Waals surface area (Å²) in [4.78, 5) is 0. The van der Waals surface area contributed by atoms with Crippen LogP contribution in [-0.4, -0.2) is 14.8 Å². The zero-order chi connectivity index (χ0) is 13.1. The predicted octanol–water partition coefficient (Wildman–Crippen LogP) is 4.05. The third kappa shape index (κ3) is 3.11. The van der Waals surface area contributed by atoms with Crippen LogP contribution in [0.1, 0.15) is 25.5 Å². The molecule has 1 aromatic heterocycles. The van der Waals surface area contributed by atoms with Crippen LogP contribution >= 0.6 is 27.7 Å². The molecule has 0 saturated carbocycles. The second-order valence-corrected chi connectivity index (χ2v) is 6.00. The van der Waals surface area contributed by atoms with Gasteiger partial charge in [0.15, 0.2) is 5.16 Å². The Hall–Kier alpha value is -0.880. The Morgan fingerprint density at radius 1 is 1.44 bits per heavy atom. The first kappa shape index (κ1) is 13.5. The number of hydrogen-bond acceptors (Lipinski definition) is 3. The molecule has 3 nitrogen and oxygen atoms in total. The van der Waals surface area contributed by atoms with Gasteiger partial charge in [-0.05, 0) is 31.5 Å². The van der Waals surface area contributed by atoms with E-state index in [2.05, 4.69) is 40.0 Å². The first-order chi connectivity index (χ1) is 8.58. The summed E-state index contributed by atoms with van der Waals surface area (Å²) >= 11 is 4.73. The summed E-state index contributed by atoms with van der Waals surface area (Å²) in [6, 6.07) is 5.40. The molecule has 0 N–H and O–H groups in total. The van der Waals surface area contributed by atoms with Crippen LogP contribution in [0.25, 0.3) is 0 Å². The van der Waals surface area contributed by atoms with E-state index in [1.165, 1.54) is 17.8 Å². The van der Waals surface area contributed by atoms with Gasteiger partial charge < -0.3 is 4.57 Å². The number of halogens is 2. The van der Waals surface area contributed by atoms with Crippen molar-refractivity contribution in [2.45, 2.75) is 30.8 Å². The SMILES string of the molecule is CC(C)n1cnnc1SCc1ccc(Br)cc1F. The lowest BCUT2D eigenvalue weighted by Gasteiger charge is -2.09. The second kappa shape index (κ2) is 5.84. The summed E-state index contributed by atoms with van der Waals surface area (Å²) in [5.41, 5.74) is 0.668. The molecule has 0 aliphatic carbocycles. The molecule has 96 valence electrons. The van der Waals surface area contributed by atoms with Crippen molar-refractivity contribution in [2.24, 2.45) is 0 Å². The molecule has 0 aliphatic heterocycles. The number of aromatic nitrogens is 3. The smallest absolute Gasteiger partial charge is 0.191 e. The van der Waals surface area contributed by atoms with Gasteiger partial charge >= 0.3 is 0 Å². The zero-order valence-electron chi connectivity index (χ0n) is 10.1. The van der Waals surface area contributed by atoms with E-state index in [0.717, 1.165) is 9.63 Å². The fourth-order valence-electron chi connectivity index (χ4n) is 1.47. The lowest BCUT2D eigenvalue weighted by Crippen LogP contribution is -2.01. The fraction of sp³-hybridized carbons (Fsp3) is 0.333. The molecule has 0 spiro atoms. The maximum Gasteiger partial charge on any atom is 0.191 e. The number of nitrogens with zero attached hydrogens (tertiary/aromatic N) is 3. The average molecular weight is 330 g/mol. The van der Waals surface area contributed by atoms with Crippen LogP contribution in [0.3, 0.4) is 0 Å². The molecule has 0 saturated heterocycles. The molecular weight excluding hydrogens is 317 g/mol. The van der Waals surface area contributed by atoms with Crippen molar-refractivity contribution in [2.75, 3.05) is 0 Å². The minimum absolute atomic E-state index is 0.201. The normalized spacial score (nSPS) is 11.2. The summed E-state index contributed by atoms with van der Waals surface area (Å²) in [5, 5.41) is 8.74. The lowest BCUT2D eigenvalue weighted by molar-refractivity contribution is 0.549. The van der Waals surface area contributed by atoms with Crippen LogP contribution in [0.4, 0.5) is 4.39 Å². The van der Waals surface area contributed by atoms with Gasteiger partial charge in [-0.2, -0.15) is 0 Å². The van der Waals surface area contributed by atoms with E-state index in [-0.39, 0.29) is 5.82 Å². The van der Waals surface area contributed by atoms with Crippen LogP contribution in [0.15, 0.2) is 34.2 Å². The molecule has 1 heterocycles. The zero-order valence-corrected chi connectivity index (χ0v) is 12.5. The van der Waals surface area contributed by atoms with Crippen LogP contribution in [-0.2, 0) is 5.75 Å². The van der Waals surface area contributed by atoms with Crippen LogP contribution in [0.2, 0.25) is 0 Å². The summed E-state index contributed by atoms with van der Waals surface area (Å²) in [6.45, 7) is 4.13. The largest absolute Gasteiger partial charge is 0.306 e. The van der Waals surface area contributed by atoms with E-state index in [1.54, 1.807) is 12.4 Å². The Bertz CT molecular complexity index is 542. The van der Waals surface area contributed by atoms with Crippen molar-refractivity contribution < 1.29 is 4.39 Å². The van der Waals surface area contributed by atoms with Gasteiger partial charge in [-0.25, -0.2) is 4.39 Å². The maximum atomic E-state index is 13.7. The molecule has 0 aliphatic rings. The predicted molar refractivity (Wildman–Crippen MR) is 74.1 cm³/mol. The summed E-state index contributed by atoms with van der Waals surface area (Å²) in [6.07, 6.45) is 1.70. The number of thioether (sulfide) groups is 1. The van der Waals surface area contributed by atoms with Crippen LogP contribution in [0.5, 0.6) is 0 Å². The van der Waals surface area contributed by atoms with E-state index < -0.39 is 0 Å². The highest BCUT2D eigenvalue weighted by molar-refractivity contribution is 9.10. The first-order valence-electron chi connectivity index (χ1n) is 5.54. The standard InChI is InChI=1S/C12H13BrFN3S/c1-8(2)17-7-15-16-12(17)18-6-9-3-4-10(13)5-11(9)14/h3-5,7-8H,6H2,1-2H3. The maximum absolute atomic E-state index is 13.7. The molecule has 0 unspecified atom stereocenters. The molecule has 0 fully saturated rings. The van der Waals surface area contributed by atoms with Gasteiger partial charge in [-0.3, -0.25) is 0 Å². The fourth-order valence-corrected chi connectivity index (χ4v) is 2.83. The van der Waals surface area contributed by atoms with E-state index in [9.17, 15) is 4.39 Å². The molecule has 18 heavy (non-hydrogen) atoms. The molecule has 0 radical (unpaired) electrons. The molecule has 2 aromatic rings. The summed E-state index contributed by atoms with van der Waals surface area (Å²) in [7, 11) is 0. The van der Waals surface area contributed by atoms with Crippen molar-refractivity contribution in [3.05, 3.63) is 40.4 Å². The van der Waals surface area contributed by atoms with E-state index in [0.29, 0.717) is 17.4 Å². The van der Waals surface area contributed by atoms with Gasteiger partial charge in [0.1, 0.15) is 12.1 Å². The molecule has 0 atom stereocenters. The van der Waals surface area contributed by atoms with Crippen LogP contribution in [0, 0.1) is 5.82 Å². The lowest BCUT2D eigenvalue weighted by atomic mass is 10.2. The minimum Gasteiger partial charge on any atom is -0.306 e. The third-order valence-corrected chi connectivity index (χ3v) is 3.97. The van der Waals surface area contributed by atoms with Crippen molar-refractivity contribution in [1.29, 1.82) is 0 Å². The topological polar surface area (TPSA) is 30.7 Å². The number of hydrogen-bond donors (Lipinski definition) is 0.